The Balaban J connectivity index is 1.86. The number of rotatable bonds is 2. The molecule has 1 aliphatic heterocycles. The van der Waals surface area contributed by atoms with Crippen LogP contribution in [0.1, 0.15) is 6.92 Å². The lowest BCUT2D eigenvalue weighted by Gasteiger charge is -2.30. The van der Waals surface area contributed by atoms with Crippen molar-refractivity contribution in [1.82, 2.24) is 5.01 Å². The lowest BCUT2D eigenvalue weighted by Crippen LogP contribution is -2.45. The number of nitrogens with one attached hydrogen (secondary N) is 1. The van der Waals surface area contributed by atoms with Crippen molar-refractivity contribution in [3.8, 4) is 0 Å². The molecular weight excluding hydrogens is 330 g/mol. The monoisotopic (exact) mass is 345 g/mol. The molecule has 0 aliphatic carbocycles. The Morgan fingerprint density at radius 3 is 2.52 bits per heavy atom. The van der Waals surface area contributed by atoms with Crippen molar-refractivity contribution in [2.45, 2.75) is 6.92 Å². The van der Waals surface area contributed by atoms with Gasteiger partial charge in [0.25, 0.3) is 5.91 Å². The summed E-state index contributed by atoms with van der Waals surface area (Å²) >= 11 is 11.7. The van der Waals surface area contributed by atoms with Crippen LogP contribution in [-0.2, 0) is 4.79 Å². The van der Waals surface area contributed by atoms with Crippen molar-refractivity contribution in [3.63, 3.8) is 0 Å². The molecule has 1 amide bonds. The standard InChI is InChI=1S/C17H16ClN3OS/c1-12-11-20(17(23)19-15-10-6-5-9-14(15)18)21(16(12)22)13-7-3-2-4-8-13/h2-10,12H,11H2,1H3,(H,19,23). The number of hydrazine groups is 1. The smallest absolute Gasteiger partial charge is 0.250 e. The van der Waals surface area contributed by atoms with Gasteiger partial charge in [-0.15, -0.1) is 0 Å². The largest absolute Gasteiger partial charge is 0.330 e. The second-order valence-corrected chi connectivity index (χ2v) is 6.17. The summed E-state index contributed by atoms with van der Waals surface area (Å²) in [6.45, 7) is 2.43. The molecule has 1 fully saturated rings. The number of para-hydroxylation sites is 2. The lowest BCUT2D eigenvalue weighted by molar-refractivity contribution is -0.120. The van der Waals surface area contributed by atoms with E-state index in [1.165, 1.54) is 0 Å². The molecule has 0 radical (unpaired) electrons. The fourth-order valence-corrected chi connectivity index (χ4v) is 2.95. The van der Waals surface area contributed by atoms with Gasteiger partial charge in [-0.1, -0.05) is 48.9 Å². The lowest BCUT2D eigenvalue weighted by atomic mass is 10.2. The number of anilines is 2. The molecule has 6 heteroatoms. The van der Waals surface area contributed by atoms with Gasteiger partial charge in [0.15, 0.2) is 5.11 Å². The molecule has 0 bridgehead atoms. The van der Waals surface area contributed by atoms with Gasteiger partial charge in [-0.2, -0.15) is 0 Å². The first-order chi connectivity index (χ1) is 11.1. The summed E-state index contributed by atoms with van der Waals surface area (Å²) < 4.78 is 0. The maximum atomic E-state index is 12.5. The SMILES string of the molecule is CC1CN(C(=S)Nc2ccccc2Cl)N(c2ccccc2)C1=O. The molecule has 3 rings (SSSR count). The Labute approximate surface area is 145 Å². The first-order valence-corrected chi connectivity index (χ1v) is 8.08. The Morgan fingerprint density at radius 2 is 1.83 bits per heavy atom. The number of hydrogen-bond acceptors (Lipinski definition) is 2. The molecule has 2 aromatic rings. The summed E-state index contributed by atoms with van der Waals surface area (Å²) in [5, 5.41) is 7.55. The zero-order valence-electron chi connectivity index (χ0n) is 12.6. The summed E-state index contributed by atoms with van der Waals surface area (Å²) in [4.78, 5) is 12.5. The van der Waals surface area contributed by atoms with Gasteiger partial charge in [0, 0.05) is 0 Å². The van der Waals surface area contributed by atoms with E-state index in [2.05, 4.69) is 5.32 Å². The highest BCUT2D eigenvalue weighted by molar-refractivity contribution is 7.80. The molecule has 23 heavy (non-hydrogen) atoms. The van der Waals surface area contributed by atoms with Crippen LogP contribution >= 0.6 is 23.8 Å². The van der Waals surface area contributed by atoms with Crippen LogP contribution in [0.15, 0.2) is 54.6 Å². The van der Waals surface area contributed by atoms with Crippen LogP contribution < -0.4 is 10.3 Å². The topological polar surface area (TPSA) is 35.6 Å². The molecule has 2 aromatic carbocycles. The zero-order chi connectivity index (χ0) is 16.4. The minimum absolute atomic E-state index is 0.0273. The van der Waals surface area contributed by atoms with Crippen molar-refractivity contribution in [1.29, 1.82) is 0 Å². The predicted molar refractivity (Wildman–Crippen MR) is 97.5 cm³/mol. The van der Waals surface area contributed by atoms with Crippen molar-refractivity contribution >= 4 is 46.2 Å². The van der Waals surface area contributed by atoms with E-state index in [-0.39, 0.29) is 11.8 Å². The van der Waals surface area contributed by atoms with E-state index in [4.69, 9.17) is 23.8 Å². The van der Waals surface area contributed by atoms with E-state index in [9.17, 15) is 4.79 Å². The number of amides is 1. The molecule has 1 saturated heterocycles. The van der Waals surface area contributed by atoms with Crippen molar-refractivity contribution in [3.05, 3.63) is 59.6 Å². The van der Waals surface area contributed by atoms with Gasteiger partial charge in [0.2, 0.25) is 0 Å². The average Bonchev–Trinajstić information content (AvgIpc) is 2.86. The third-order valence-electron chi connectivity index (χ3n) is 3.67. The van der Waals surface area contributed by atoms with Gasteiger partial charge in [-0.05, 0) is 36.5 Å². The Kier molecular flexibility index (Phi) is 4.50. The molecule has 1 heterocycles. The third kappa shape index (κ3) is 3.16. The molecule has 1 atom stereocenters. The van der Waals surface area contributed by atoms with Crippen LogP contribution in [0.2, 0.25) is 5.02 Å². The minimum Gasteiger partial charge on any atom is -0.330 e. The first kappa shape index (κ1) is 15.8. The van der Waals surface area contributed by atoms with Crippen LogP contribution in [0.4, 0.5) is 11.4 Å². The van der Waals surface area contributed by atoms with Crippen molar-refractivity contribution < 1.29 is 4.79 Å². The van der Waals surface area contributed by atoms with E-state index < -0.39 is 0 Å². The quantitative estimate of drug-likeness (QED) is 0.836. The summed E-state index contributed by atoms with van der Waals surface area (Å²) in [6, 6.07) is 16.9. The third-order valence-corrected chi connectivity index (χ3v) is 4.31. The number of thiocarbonyl (C=S) groups is 1. The summed E-state index contributed by atoms with van der Waals surface area (Å²) in [5.74, 6) is -0.0966. The van der Waals surface area contributed by atoms with Crippen LogP contribution in [0.3, 0.4) is 0 Å². The Morgan fingerprint density at radius 1 is 1.17 bits per heavy atom. The van der Waals surface area contributed by atoms with E-state index in [0.717, 1.165) is 11.4 Å². The zero-order valence-corrected chi connectivity index (χ0v) is 14.1. The minimum atomic E-state index is -0.124. The number of benzene rings is 2. The fraction of sp³-hybridized carbons (Fsp3) is 0.176. The number of nitrogens with zero attached hydrogens (tertiary/aromatic N) is 2. The number of hydrogen-bond donors (Lipinski definition) is 1. The molecule has 118 valence electrons. The Bertz CT molecular complexity index is 738. The molecule has 4 nitrogen and oxygen atoms in total. The normalized spacial score (nSPS) is 17.5. The summed E-state index contributed by atoms with van der Waals surface area (Å²) in [5.41, 5.74) is 1.52. The molecule has 0 saturated carbocycles. The highest BCUT2D eigenvalue weighted by Gasteiger charge is 2.37. The van der Waals surface area contributed by atoms with Gasteiger partial charge in [0.05, 0.1) is 28.9 Å². The number of halogens is 1. The van der Waals surface area contributed by atoms with E-state index in [1.807, 2.05) is 55.5 Å². The molecule has 1 N–H and O–H groups in total. The van der Waals surface area contributed by atoms with Gasteiger partial charge in [-0.25, -0.2) is 5.01 Å². The average molecular weight is 346 g/mol. The summed E-state index contributed by atoms with van der Waals surface area (Å²) in [6.07, 6.45) is 0. The van der Waals surface area contributed by atoms with Crippen LogP contribution in [-0.4, -0.2) is 22.6 Å². The number of carbonyl (C=O) groups excluding carboxylic acids is 1. The molecule has 0 spiro atoms. The van der Waals surface area contributed by atoms with Gasteiger partial charge >= 0.3 is 0 Å². The highest BCUT2D eigenvalue weighted by atomic mass is 35.5. The van der Waals surface area contributed by atoms with Crippen LogP contribution in [0.25, 0.3) is 0 Å². The molecular formula is C17H16ClN3OS. The van der Waals surface area contributed by atoms with Crippen LogP contribution in [0, 0.1) is 5.92 Å². The molecule has 0 aromatic heterocycles. The van der Waals surface area contributed by atoms with E-state index in [1.54, 1.807) is 16.1 Å². The number of carbonyl (C=O) groups is 1. The Hall–Kier alpha value is -2.11. The van der Waals surface area contributed by atoms with Gasteiger partial charge in [-0.3, -0.25) is 9.80 Å². The van der Waals surface area contributed by atoms with Crippen molar-refractivity contribution in [2.75, 3.05) is 16.9 Å². The summed E-state index contributed by atoms with van der Waals surface area (Å²) in [7, 11) is 0. The fourth-order valence-electron chi connectivity index (χ4n) is 2.50. The second-order valence-electron chi connectivity index (χ2n) is 5.38. The van der Waals surface area contributed by atoms with Gasteiger partial charge < -0.3 is 5.32 Å². The highest BCUT2D eigenvalue weighted by Crippen LogP contribution is 2.27. The predicted octanol–water partition coefficient (Wildman–Crippen LogP) is 3.94. The maximum absolute atomic E-state index is 12.5. The van der Waals surface area contributed by atoms with E-state index in [0.29, 0.717) is 16.7 Å². The molecule has 1 unspecified atom stereocenters. The maximum Gasteiger partial charge on any atom is 0.250 e. The molecule has 1 aliphatic rings. The van der Waals surface area contributed by atoms with E-state index >= 15 is 0 Å². The second kappa shape index (κ2) is 6.56. The first-order valence-electron chi connectivity index (χ1n) is 7.30. The van der Waals surface area contributed by atoms with Gasteiger partial charge in [0.1, 0.15) is 0 Å². The van der Waals surface area contributed by atoms with Crippen LogP contribution in [0.5, 0.6) is 0 Å². The van der Waals surface area contributed by atoms with Crippen molar-refractivity contribution in [2.24, 2.45) is 5.92 Å².